The zero-order valence-corrected chi connectivity index (χ0v) is 20.7. The fourth-order valence-electron chi connectivity index (χ4n) is 3.58. The predicted octanol–water partition coefficient (Wildman–Crippen LogP) is 5.28. The van der Waals surface area contributed by atoms with Crippen LogP contribution in [0.25, 0.3) is 5.69 Å². The molecule has 1 aromatic heterocycles. The van der Waals surface area contributed by atoms with Crippen molar-refractivity contribution in [1.29, 1.82) is 0 Å². The molecule has 0 bridgehead atoms. The molecule has 0 radical (unpaired) electrons. The van der Waals surface area contributed by atoms with Crippen LogP contribution in [0, 0.1) is 13.8 Å². The van der Waals surface area contributed by atoms with Crippen molar-refractivity contribution in [2.24, 2.45) is 0 Å². The van der Waals surface area contributed by atoms with Gasteiger partial charge < -0.3 is 14.6 Å². The first-order chi connectivity index (χ1) is 15.7. The number of aromatic nitrogens is 2. The van der Waals surface area contributed by atoms with Crippen molar-refractivity contribution in [3.05, 3.63) is 71.4 Å². The fraction of sp³-hybridized carbons (Fsp3) is 0.444. The Morgan fingerprint density at radius 2 is 1.64 bits per heavy atom. The van der Waals surface area contributed by atoms with E-state index in [0.717, 1.165) is 22.7 Å². The number of aliphatic hydroxyl groups is 1. The summed E-state index contributed by atoms with van der Waals surface area (Å²) < 4.78 is 13.9. The predicted molar refractivity (Wildman–Crippen MR) is 132 cm³/mol. The van der Waals surface area contributed by atoms with Gasteiger partial charge in [0.1, 0.15) is 5.75 Å². The van der Waals surface area contributed by atoms with E-state index in [1.54, 1.807) is 0 Å². The summed E-state index contributed by atoms with van der Waals surface area (Å²) in [6, 6.07) is 18.3. The van der Waals surface area contributed by atoms with Crippen molar-refractivity contribution in [2.75, 3.05) is 13.2 Å². The molecule has 0 unspecified atom stereocenters. The second-order valence-electron chi connectivity index (χ2n) is 9.09. The van der Waals surface area contributed by atoms with Gasteiger partial charge >= 0.3 is 0 Å². The highest BCUT2D eigenvalue weighted by Gasteiger charge is 2.24. The molecule has 0 amide bonds. The van der Waals surface area contributed by atoms with Crippen LogP contribution >= 0.6 is 0 Å². The van der Waals surface area contributed by atoms with Gasteiger partial charge in [0.2, 0.25) is 5.88 Å². The molecule has 1 heterocycles. The highest BCUT2D eigenvalue weighted by Crippen LogP contribution is 2.32. The molecule has 1 atom stereocenters. The second-order valence-corrected chi connectivity index (χ2v) is 9.09. The molecule has 3 aromatic rings. The maximum absolute atomic E-state index is 10.6. The van der Waals surface area contributed by atoms with E-state index in [2.05, 4.69) is 25.7 Å². The molecule has 0 spiro atoms. The van der Waals surface area contributed by atoms with Gasteiger partial charge in [-0.05, 0) is 65.8 Å². The summed E-state index contributed by atoms with van der Waals surface area (Å²) in [5, 5.41) is 15.4. The number of ether oxygens (including phenoxy) is 2. The molecule has 0 fully saturated rings. The van der Waals surface area contributed by atoms with E-state index in [9.17, 15) is 5.11 Å². The van der Waals surface area contributed by atoms with Crippen LogP contribution in [0.3, 0.4) is 0 Å². The Morgan fingerprint density at radius 3 is 2.24 bits per heavy atom. The van der Waals surface area contributed by atoms with Gasteiger partial charge in [0.05, 0.1) is 35.8 Å². The van der Waals surface area contributed by atoms with E-state index >= 15 is 0 Å². The third kappa shape index (κ3) is 6.90. The number of aryl methyl sites for hydroxylation is 2. The van der Waals surface area contributed by atoms with Gasteiger partial charge in [-0.1, -0.05) is 35.9 Å². The van der Waals surface area contributed by atoms with Gasteiger partial charge in [-0.25, -0.2) is 4.68 Å². The lowest BCUT2D eigenvalue weighted by Gasteiger charge is -2.29. The first-order valence-electron chi connectivity index (χ1n) is 11.7. The van der Waals surface area contributed by atoms with Crippen LogP contribution in [-0.4, -0.2) is 51.2 Å². The molecule has 2 aromatic carbocycles. The van der Waals surface area contributed by atoms with Gasteiger partial charge in [0.25, 0.3) is 0 Å². The summed E-state index contributed by atoms with van der Waals surface area (Å²) >= 11 is 0. The Hall–Kier alpha value is -2.67. The van der Waals surface area contributed by atoms with Crippen molar-refractivity contribution >= 4 is 0 Å². The van der Waals surface area contributed by atoms with Gasteiger partial charge in [0.15, 0.2) is 0 Å². The van der Waals surface area contributed by atoms with E-state index < -0.39 is 6.10 Å². The summed E-state index contributed by atoms with van der Waals surface area (Å²) in [6.07, 6.45) is -0.478. The van der Waals surface area contributed by atoms with Crippen LogP contribution in [0.5, 0.6) is 11.6 Å². The number of hydrogen-bond acceptors (Lipinski definition) is 5. The average Bonchev–Trinajstić information content (AvgIpc) is 3.09. The second kappa shape index (κ2) is 11.5. The minimum Gasteiger partial charge on any atom is -0.439 e. The third-order valence-corrected chi connectivity index (χ3v) is 5.53. The number of aliphatic hydroxyl groups excluding tert-OH is 1. The highest BCUT2D eigenvalue weighted by atomic mass is 16.5. The summed E-state index contributed by atoms with van der Waals surface area (Å²) in [6.45, 7) is 13.7. The van der Waals surface area contributed by atoms with Crippen molar-refractivity contribution in [1.82, 2.24) is 14.7 Å². The average molecular weight is 452 g/mol. The molecule has 1 N–H and O–H groups in total. The maximum Gasteiger partial charge on any atom is 0.227 e. The van der Waals surface area contributed by atoms with Gasteiger partial charge in [0, 0.05) is 19.1 Å². The minimum absolute atomic E-state index is 0.0908. The van der Waals surface area contributed by atoms with Gasteiger partial charge in [-0.15, -0.1) is 0 Å². The number of nitrogens with zero attached hydrogens (tertiary/aromatic N) is 3. The first kappa shape index (κ1) is 25.0. The Labute approximate surface area is 197 Å². The molecule has 178 valence electrons. The molecular formula is C27H37N3O3. The summed E-state index contributed by atoms with van der Waals surface area (Å²) in [5.74, 6) is 1.46. The molecular weight excluding hydrogens is 414 g/mol. The quantitative estimate of drug-likeness (QED) is 0.430. The lowest BCUT2D eigenvalue weighted by molar-refractivity contribution is -0.0137. The monoisotopic (exact) mass is 451 g/mol. The SMILES string of the molecule is Cc1ccc(Oc2c(CN(C[C@H](O)COC(C)C)C(C)C)c(C)nn2-c2ccccc2)cc1. The molecule has 6 nitrogen and oxygen atoms in total. The Bertz CT molecular complexity index is 997. The van der Waals surface area contributed by atoms with Crippen LogP contribution in [0.15, 0.2) is 54.6 Å². The Kier molecular flexibility index (Phi) is 8.67. The maximum atomic E-state index is 10.6. The normalized spacial score (nSPS) is 12.7. The van der Waals surface area contributed by atoms with E-state index in [1.165, 1.54) is 5.56 Å². The molecule has 0 saturated heterocycles. The molecule has 33 heavy (non-hydrogen) atoms. The summed E-state index contributed by atoms with van der Waals surface area (Å²) in [5.41, 5.74) is 4.03. The van der Waals surface area contributed by atoms with Crippen LogP contribution in [0.1, 0.15) is 44.5 Å². The number of hydrogen-bond donors (Lipinski definition) is 1. The first-order valence-corrected chi connectivity index (χ1v) is 11.7. The molecule has 0 aliphatic rings. The van der Waals surface area contributed by atoms with E-state index in [4.69, 9.17) is 14.6 Å². The zero-order chi connectivity index (χ0) is 24.0. The lowest BCUT2D eigenvalue weighted by atomic mass is 10.2. The van der Waals surface area contributed by atoms with Crippen LogP contribution in [0.4, 0.5) is 0 Å². The topological polar surface area (TPSA) is 59.8 Å². The van der Waals surface area contributed by atoms with Crippen LogP contribution in [-0.2, 0) is 11.3 Å². The number of para-hydroxylation sites is 1. The van der Waals surface area contributed by atoms with Gasteiger partial charge in [-0.3, -0.25) is 4.90 Å². The highest BCUT2D eigenvalue weighted by molar-refractivity contribution is 5.43. The standard InChI is InChI=1S/C27H37N3O3/c1-19(2)29(16-24(31)18-32-20(3)4)17-26-22(6)28-30(23-10-8-7-9-11-23)27(26)33-25-14-12-21(5)13-15-25/h7-15,19-20,24,31H,16-18H2,1-6H3/t24-/m0/s1. The van der Waals surface area contributed by atoms with Crippen molar-refractivity contribution in [3.63, 3.8) is 0 Å². The smallest absolute Gasteiger partial charge is 0.227 e. The fourth-order valence-corrected chi connectivity index (χ4v) is 3.58. The van der Waals surface area contributed by atoms with Gasteiger partial charge in [-0.2, -0.15) is 5.10 Å². The number of rotatable bonds is 11. The molecule has 0 aliphatic heterocycles. The Morgan fingerprint density at radius 1 is 0.970 bits per heavy atom. The van der Waals surface area contributed by atoms with Crippen molar-refractivity contribution in [2.45, 2.75) is 66.3 Å². The molecule has 0 saturated carbocycles. The van der Waals surface area contributed by atoms with Crippen LogP contribution in [0.2, 0.25) is 0 Å². The lowest BCUT2D eigenvalue weighted by Crippen LogP contribution is -2.39. The van der Waals surface area contributed by atoms with Crippen molar-refractivity contribution in [3.8, 4) is 17.3 Å². The molecule has 0 aliphatic carbocycles. The molecule has 6 heteroatoms. The van der Waals surface area contributed by atoms with Crippen molar-refractivity contribution < 1.29 is 14.6 Å². The van der Waals surface area contributed by atoms with E-state index in [-0.39, 0.29) is 12.1 Å². The third-order valence-electron chi connectivity index (χ3n) is 5.53. The van der Waals surface area contributed by atoms with E-state index in [1.807, 2.05) is 80.1 Å². The van der Waals surface area contributed by atoms with E-state index in [0.29, 0.717) is 25.6 Å². The Balaban J connectivity index is 1.93. The minimum atomic E-state index is -0.569. The summed E-state index contributed by atoms with van der Waals surface area (Å²) in [4.78, 5) is 2.23. The summed E-state index contributed by atoms with van der Waals surface area (Å²) in [7, 11) is 0. The van der Waals surface area contributed by atoms with Crippen LogP contribution < -0.4 is 4.74 Å². The zero-order valence-electron chi connectivity index (χ0n) is 20.7. The largest absolute Gasteiger partial charge is 0.439 e. The molecule has 3 rings (SSSR count). The number of benzene rings is 2.